The number of ketones is 1. The summed E-state index contributed by atoms with van der Waals surface area (Å²) in [4.78, 5) is 54.9. The Kier molecular flexibility index (Phi) is 9.24. The summed E-state index contributed by atoms with van der Waals surface area (Å²) >= 11 is 9.66. The maximum atomic E-state index is 16.8. The van der Waals surface area contributed by atoms with Gasteiger partial charge in [0.05, 0.1) is 41.2 Å². The van der Waals surface area contributed by atoms with Crippen molar-refractivity contribution in [3.05, 3.63) is 146 Å². The van der Waals surface area contributed by atoms with Gasteiger partial charge in [-0.15, -0.1) is 0 Å². The van der Waals surface area contributed by atoms with Crippen molar-refractivity contribution >= 4 is 45.2 Å². The number of carbonyl (C=O) groups excluding carboxylic acids is 3. The predicted octanol–water partition coefficient (Wildman–Crippen LogP) is 6.52. The number of carbonyl (C=O) groups is 3. The van der Waals surface area contributed by atoms with Gasteiger partial charge in [-0.3, -0.25) is 14.5 Å². The number of aryl methyl sites for hydroxylation is 1. The second-order valence-electron chi connectivity index (χ2n) is 12.3. The molecule has 14 heteroatoms. The SMILES string of the molecule is Cn1cnc(C(=O)c2cc(F)c3c(c2)C(=O)N(Cc2ncc(C#N)cn2)C3(OC2CCC(OC(=O)c3ccc(Br)cc3)C2)c2ccc(Cl)cc2)c1. The average Bonchev–Trinajstić information content (AvgIpc) is 3.83. The molecule has 0 spiro atoms. The van der Waals surface area contributed by atoms with Gasteiger partial charge in [-0.05, 0) is 61.4 Å². The molecule has 11 nitrogen and oxygen atoms in total. The highest BCUT2D eigenvalue weighted by Crippen LogP contribution is 2.50. The van der Waals surface area contributed by atoms with Crippen molar-refractivity contribution in [2.75, 3.05) is 0 Å². The highest BCUT2D eigenvalue weighted by atomic mass is 79.9. The van der Waals surface area contributed by atoms with E-state index in [9.17, 15) is 19.6 Å². The lowest BCUT2D eigenvalue weighted by atomic mass is 9.90. The maximum Gasteiger partial charge on any atom is 0.338 e. The lowest BCUT2D eigenvalue weighted by Gasteiger charge is -2.41. The van der Waals surface area contributed by atoms with E-state index in [1.54, 1.807) is 60.1 Å². The predicted molar refractivity (Wildman–Crippen MR) is 184 cm³/mol. The Morgan fingerprint density at radius 3 is 2.41 bits per heavy atom. The molecule has 1 aliphatic carbocycles. The van der Waals surface area contributed by atoms with Crippen LogP contribution < -0.4 is 0 Å². The maximum absolute atomic E-state index is 16.8. The fraction of sp³-hybridized carbons (Fsp3) is 0.216. The third-order valence-electron chi connectivity index (χ3n) is 8.88. The van der Waals surface area contributed by atoms with Gasteiger partial charge >= 0.3 is 5.97 Å². The van der Waals surface area contributed by atoms with Gasteiger partial charge in [-0.1, -0.05) is 39.7 Å². The molecule has 0 N–H and O–H groups in total. The van der Waals surface area contributed by atoms with Crippen LogP contribution >= 0.6 is 27.5 Å². The molecule has 1 aliphatic heterocycles. The highest BCUT2D eigenvalue weighted by molar-refractivity contribution is 9.10. The Labute approximate surface area is 304 Å². The number of nitrogens with zero attached hydrogens (tertiary/aromatic N) is 6. The minimum atomic E-state index is -1.89. The Morgan fingerprint density at radius 2 is 1.75 bits per heavy atom. The summed E-state index contributed by atoms with van der Waals surface area (Å²) in [5.41, 5.74) is -1.08. The van der Waals surface area contributed by atoms with Crippen LogP contribution in [0.3, 0.4) is 0 Å². The van der Waals surface area contributed by atoms with Gasteiger partial charge in [0.2, 0.25) is 11.5 Å². The number of fused-ring (bicyclic) bond motifs is 1. The Balaban J connectivity index is 1.31. The molecule has 51 heavy (non-hydrogen) atoms. The van der Waals surface area contributed by atoms with Crippen molar-refractivity contribution in [2.45, 2.75) is 43.7 Å². The standard InChI is InChI=1S/C37H27BrClFN6O5/c1-45-18-31(44-20-45)34(47)23-12-29-33(30(40)13-23)37(24-4-8-26(39)9-5-24,46(35(29)48)19-32-42-16-21(15-41)17-43-32)51-28-11-10-27(14-28)50-36(49)22-2-6-25(38)7-3-22/h2-9,12-13,16-18,20,27-28H,10-11,14,19H2,1H3. The molecule has 0 saturated heterocycles. The zero-order chi connectivity index (χ0) is 35.9. The van der Waals surface area contributed by atoms with Crippen molar-refractivity contribution in [2.24, 2.45) is 7.05 Å². The smallest absolute Gasteiger partial charge is 0.338 e. The topological polar surface area (TPSA) is 140 Å². The fourth-order valence-corrected chi connectivity index (χ4v) is 6.89. The van der Waals surface area contributed by atoms with Crippen molar-refractivity contribution in [1.29, 1.82) is 5.26 Å². The van der Waals surface area contributed by atoms with E-state index in [1.165, 1.54) is 35.9 Å². The van der Waals surface area contributed by atoms with Gasteiger partial charge in [0, 0.05) is 52.7 Å². The Morgan fingerprint density at radius 1 is 1.04 bits per heavy atom. The summed E-state index contributed by atoms with van der Waals surface area (Å²) in [5.74, 6) is -2.39. The minimum absolute atomic E-state index is 0.0689. The summed E-state index contributed by atoms with van der Waals surface area (Å²) in [5, 5.41) is 9.69. The van der Waals surface area contributed by atoms with Crippen LogP contribution in [0.15, 0.2) is 90.1 Å². The van der Waals surface area contributed by atoms with Gasteiger partial charge in [0.1, 0.15) is 29.5 Å². The normalized spacial score (nSPS) is 19.5. The number of amides is 1. The molecule has 0 bridgehead atoms. The van der Waals surface area contributed by atoms with Crippen LogP contribution in [0.25, 0.3) is 0 Å². The number of ether oxygens (including phenoxy) is 2. The summed E-state index contributed by atoms with van der Waals surface area (Å²) in [6.07, 6.45) is 5.64. The first-order chi connectivity index (χ1) is 24.5. The second-order valence-corrected chi connectivity index (χ2v) is 13.6. The number of esters is 1. The monoisotopic (exact) mass is 768 g/mol. The summed E-state index contributed by atoms with van der Waals surface area (Å²) in [6.45, 7) is -0.250. The van der Waals surface area contributed by atoms with Crippen molar-refractivity contribution < 1.29 is 28.2 Å². The van der Waals surface area contributed by atoms with Crippen LogP contribution in [-0.4, -0.2) is 54.3 Å². The number of aromatic nitrogens is 4. The van der Waals surface area contributed by atoms with Crippen LogP contribution in [-0.2, 0) is 28.8 Å². The zero-order valence-electron chi connectivity index (χ0n) is 26.9. The van der Waals surface area contributed by atoms with E-state index in [4.69, 9.17) is 21.1 Å². The molecule has 3 aromatic carbocycles. The van der Waals surface area contributed by atoms with E-state index in [2.05, 4.69) is 30.9 Å². The van der Waals surface area contributed by atoms with Crippen LogP contribution in [0.1, 0.15) is 78.5 Å². The van der Waals surface area contributed by atoms with Crippen molar-refractivity contribution in [3.63, 3.8) is 0 Å². The fourth-order valence-electron chi connectivity index (χ4n) is 6.50. The Bertz CT molecular complexity index is 2210. The molecule has 2 aromatic heterocycles. The quantitative estimate of drug-likeness (QED) is 0.121. The van der Waals surface area contributed by atoms with Crippen molar-refractivity contribution in [1.82, 2.24) is 24.4 Å². The van der Waals surface area contributed by atoms with E-state index in [1.807, 2.05) is 6.07 Å². The number of hydrogen-bond donors (Lipinski definition) is 0. The molecule has 1 amide bonds. The molecule has 0 radical (unpaired) electrons. The average molecular weight is 770 g/mol. The molecule has 1 fully saturated rings. The Hall–Kier alpha value is -5.29. The lowest BCUT2D eigenvalue weighted by Crippen LogP contribution is -2.49. The first-order valence-electron chi connectivity index (χ1n) is 15.9. The largest absolute Gasteiger partial charge is 0.459 e. The molecule has 3 atom stereocenters. The molecule has 7 rings (SSSR count). The summed E-state index contributed by atoms with van der Waals surface area (Å²) < 4.78 is 32.0. The molecule has 1 saturated carbocycles. The van der Waals surface area contributed by atoms with Gasteiger partial charge in [0.15, 0.2) is 0 Å². The van der Waals surface area contributed by atoms with Gasteiger partial charge in [-0.25, -0.2) is 24.1 Å². The van der Waals surface area contributed by atoms with E-state index in [-0.39, 0.29) is 46.7 Å². The number of benzene rings is 3. The highest BCUT2D eigenvalue weighted by Gasteiger charge is 2.56. The number of nitriles is 1. The third kappa shape index (κ3) is 6.54. The van der Waals surface area contributed by atoms with Crippen molar-refractivity contribution in [3.8, 4) is 6.07 Å². The van der Waals surface area contributed by atoms with Gasteiger partial charge < -0.3 is 14.0 Å². The van der Waals surface area contributed by atoms with E-state index < -0.39 is 41.4 Å². The molecule has 2 aliphatic rings. The molecular weight excluding hydrogens is 743 g/mol. The number of halogens is 3. The zero-order valence-corrected chi connectivity index (χ0v) is 29.3. The number of rotatable bonds is 9. The molecule has 3 heterocycles. The summed E-state index contributed by atoms with van der Waals surface area (Å²) in [6, 6.07) is 17.7. The minimum Gasteiger partial charge on any atom is -0.459 e. The molecular formula is C37H27BrClFN6O5. The lowest BCUT2D eigenvalue weighted by molar-refractivity contribution is -0.149. The first kappa shape index (κ1) is 34.2. The third-order valence-corrected chi connectivity index (χ3v) is 9.66. The van der Waals surface area contributed by atoms with Gasteiger partial charge in [0.25, 0.3) is 5.91 Å². The summed E-state index contributed by atoms with van der Waals surface area (Å²) in [7, 11) is 1.70. The van der Waals surface area contributed by atoms with E-state index in [0.717, 1.165) is 10.5 Å². The molecule has 256 valence electrons. The number of hydrogen-bond acceptors (Lipinski definition) is 9. The van der Waals surface area contributed by atoms with Crippen LogP contribution in [0.4, 0.5) is 4.39 Å². The van der Waals surface area contributed by atoms with Gasteiger partial charge in [-0.2, -0.15) is 5.26 Å². The first-order valence-corrected chi connectivity index (χ1v) is 17.0. The van der Waals surface area contributed by atoms with Crippen LogP contribution in [0.5, 0.6) is 0 Å². The molecule has 3 unspecified atom stereocenters. The molecule has 5 aromatic rings. The second kappa shape index (κ2) is 13.8. The number of imidazole rings is 1. The van der Waals surface area contributed by atoms with E-state index >= 15 is 4.39 Å². The van der Waals surface area contributed by atoms with Crippen LogP contribution in [0.2, 0.25) is 5.02 Å². The van der Waals surface area contributed by atoms with E-state index in [0.29, 0.717) is 29.0 Å². The van der Waals surface area contributed by atoms with Crippen LogP contribution in [0, 0.1) is 17.1 Å².